The van der Waals surface area contributed by atoms with Gasteiger partial charge < -0.3 is 9.47 Å². The molecule has 0 amide bonds. The van der Waals surface area contributed by atoms with Gasteiger partial charge in [-0.25, -0.2) is 0 Å². The average Bonchev–Trinajstić information content (AvgIpc) is 2.31. The lowest BCUT2D eigenvalue weighted by Gasteiger charge is -2.04. The zero-order valence-corrected chi connectivity index (χ0v) is 12.2. The van der Waals surface area contributed by atoms with E-state index in [-0.39, 0.29) is 23.4 Å². The fourth-order valence-corrected chi connectivity index (χ4v) is 2.62. The molecule has 4 nitrogen and oxygen atoms in total. The Morgan fingerprint density at radius 1 is 0.938 bits per heavy atom. The lowest BCUT2D eigenvalue weighted by molar-refractivity contribution is -0.138. The van der Waals surface area contributed by atoms with Crippen molar-refractivity contribution >= 4 is 60.7 Å². The van der Waals surface area contributed by atoms with Crippen LogP contribution in [0.2, 0.25) is 0 Å². The van der Waals surface area contributed by atoms with Gasteiger partial charge in [0.15, 0.2) is 0 Å². The lowest BCUT2D eigenvalue weighted by Crippen LogP contribution is -2.03. The first kappa shape index (κ1) is 16.1. The number of carbonyl (C=O) groups excluding carboxylic acids is 2. The van der Waals surface area contributed by atoms with E-state index in [2.05, 4.69) is 34.7 Å². The van der Waals surface area contributed by atoms with Crippen molar-refractivity contribution in [3.8, 4) is 0 Å². The topological polar surface area (TPSA) is 52.6 Å². The highest BCUT2D eigenvalue weighted by molar-refractivity contribution is 8.21. The Bertz CT molecular complexity index is 262. The summed E-state index contributed by atoms with van der Waals surface area (Å²) in [4.78, 5) is 21.7. The van der Waals surface area contributed by atoms with E-state index >= 15 is 0 Å². The van der Waals surface area contributed by atoms with Crippen LogP contribution in [0.1, 0.15) is 0 Å². The zero-order valence-electron chi connectivity index (χ0n) is 8.76. The first-order chi connectivity index (χ1) is 7.51. The molecule has 0 spiro atoms. The van der Waals surface area contributed by atoms with Gasteiger partial charge in [-0.15, -0.1) is 48.8 Å². The Hall–Kier alpha value is 0.0800. The third kappa shape index (κ3) is 7.37. The molecule has 0 aromatic heterocycles. The van der Waals surface area contributed by atoms with Crippen LogP contribution >= 0.6 is 48.8 Å². The highest BCUT2D eigenvalue weighted by Crippen LogP contribution is 2.32. The van der Waals surface area contributed by atoms with E-state index in [0.29, 0.717) is 8.47 Å². The number of methoxy groups -OCH3 is 2. The van der Waals surface area contributed by atoms with Crippen molar-refractivity contribution in [2.75, 3.05) is 25.7 Å². The van der Waals surface area contributed by atoms with Crippen LogP contribution < -0.4 is 0 Å². The first-order valence-corrected chi connectivity index (χ1v) is 6.89. The van der Waals surface area contributed by atoms with E-state index in [1.54, 1.807) is 0 Å². The van der Waals surface area contributed by atoms with Gasteiger partial charge in [0.1, 0.15) is 0 Å². The van der Waals surface area contributed by atoms with Gasteiger partial charge in [0.2, 0.25) is 0 Å². The van der Waals surface area contributed by atoms with Crippen LogP contribution in [-0.4, -0.2) is 37.7 Å². The molecule has 0 rings (SSSR count). The lowest BCUT2D eigenvalue weighted by atomic mass is 10.8. The van der Waals surface area contributed by atoms with Crippen molar-refractivity contribution in [3.05, 3.63) is 8.47 Å². The quantitative estimate of drug-likeness (QED) is 0.576. The maximum absolute atomic E-state index is 10.8. The summed E-state index contributed by atoms with van der Waals surface area (Å²) >= 11 is 10.7. The standard InChI is InChI=1S/C8H12O4S4/c1-11-5(9)3-15-7(13)8(14)16-4-6(10)12-2/h13-14H,3-4H2,1-2H3/b8-7-. The molecule has 16 heavy (non-hydrogen) atoms. The van der Waals surface area contributed by atoms with Crippen molar-refractivity contribution < 1.29 is 19.1 Å². The minimum atomic E-state index is -0.337. The van der Waals surface area contributed by atoms with E-state index in [0.717, 1.165) is 0 Å². The van der Waals surface area contributed by atoms with Crippen molar-refractivity contribution in [1.82, 2.24) is 0 Å². The third-order valence-electron chi connectivity index (χ3n) is 1.29. The molecule has 0 N–H and O–H groups in total. The van der Waals surface area contributed by atoms with Gasteiger partial charge in [-0.2, -0.15) is 0 Å². The molecular formula is C8H12O4S4. The molecule has 0 atom stereocenters. The number of rotatable bonds is 6. The second-order valence-corrected chi connectivity index (χ2v) is 5.81. The minimum Gasteiger partial charge on any atom is -0.468 e. The Morgan fingerprint density at radius 3 is 1.50 bits per heavy atom. The Labute approximate surface area is 114 Å². The zero-order chi connectivity index (χ0) is 12.6. The van der Waals surface area contributed by atoms with E-state index in [1.165, 1.54) is 37.7 Å². The summed E-state index contributed by atoms with van der Waals surface area (Å²) in [5.74, 6) is -0.345. The van der Waals surface area contributed by atoms with Crippen molar-refractivity contribution in [3.63, 3.8) is 0 Å². The van der Waals surface area contributed by atoms with Crippen LogP contribution in [0.5, 0.6) is 0 Å². The van der Waals surface area contributed by atoms with E-state index < -0.39 is 0 Å². The second-order valence-electron chi connectivity index (χ2n) is 2.34. The van der Waals surface area contributed by atoms with Crippen LogP contribution in [0, 0.1) is 0 Å². The monoisotopic (exact) mass is 300 g/mol. The molecule has 0 aromatic rings. The molecule has 0 bridgehead atoms. The third-order valence-corrected chi connectivity index (χ3v) is 4.84. The molecule has 0 fully saturated rings. The number of ether oxygens (including phenoxy) is 2. The van der Waals surface area contributed by atoms with Gasteiger partial charge in [0, 0.05) is 0 Å². The molecule has 0 aliphatic rings. The van der Waals surface area contributed by atoms with Crippen LogP contribution in [0.3, 0.4) is 0 Å². The number of carbonyl (C=O) groups is 2. The minimum absolute atomic E-state index is 0.165. The summed E-state index contributed by atoms with van der Waals surface area (Å²) in [7, 11) is 2.64. The largest absolute Gasteiger partial charge is 0.468 e. The molecule has 0 aromatic carbocycles. The summed E-state index contributed by atoms with van der Waals surface area (Å²) in [5.41, 5.74) is 0. The first-order valence-electron chi connectivity index (χ1n) is 4.02. The summed E-state index contributed by atoms with van der Waals surface area (Å²) in [6.07, 6.45) is 0. The highest BCUT2D eigenvalue weighted by atomic mass is 32.2. The van der Waals surface area contributed by atoms with Gasteiger partial charge in [-0.1, -0.05) is 0 Å². The molecule has 0 heterocycles. The molecular weight excluding hydrogens is 288 g/mol. The molecule has 92 valence electrons. The smallest absolute Gasteiger partial charge is 0.316 e. The Kier molecular flexibility index (Phi) is 9.19. The number of thioether (sulfide) groups is 2. The maximum Gasteiger partial charge on any atom is 0.316 e. The van der Waals surface area contributed by atoms with Crippen molar-refractivity contribution in [2.24, 2.45) is 0 Å². The van der Waals surface area contributed by atoms with Crippen LogP contribution in [-0.2, 0) is 19.1 Å². The average molecular weight is 300 g/mol. The van der Waals surface area contributed by atoms with Crippen molar-refractivity contribution in [1.29, 1.82) is 0 Å². The van der Waals surface area contributed by atoms with E-state index in [9.17, 15) is 9.59 Å². The molecule has 0 aliphatic heterocycles. The summed E-state index contributed by atoms with van der Waals surface area (Å²) in [6.45, 7) is 0. The number of hydrogen-bond donors (Lipinski definition) is 2. The Balaban J connectivity index is 4.04. The van der Waals surface area contributed by atoms with Gasteiger partial charge in [-0.3, -0.25) is 9.59 Å². The van der Waals surface area contributed by atoms with E-state index in [1.807, 2.05) is 0 Å². The SMILES string of the molecule is COC(=O)CS/C(S)=C(/S)SCC(=O)OC. The van der Waals surface area contributed by atoms with Gasteiger partial charge in [0.25, 0.3) is 0 Å². The molecule has 0 saturated heterocycles. The van der Waals surface area contributed by atoms with Crippen LogP contribution in [0.25, 0.3) is 0 Å². The Morgan fingerprint density at radius 2 is 1.25 bits per heavy atom. The normalized spacial score (nSPS) is 11.8. The molecule has 8 heteroatoms. The number of hydrogen-bond acceptors (Lipinski definition) is 8. The fraction of sp³-hybridized carbons (Fsp3) is 0.500. The maximum atomic E-state index is 10.8. The summed E-state index contributed by atoms with van der Waals surface area (Å²) in [5, 5.41) is 0. The van der Waals surface area contributed by atoms with Gasteiger partial charge in [-0.05, 0) is 0 Å². The van der Waals surface area contributed by atoms with Crippen LogP contribution in [0.15, 0.2) is 8.47 Å². The molecule has 0 unspecified atom stereocenters. The predicted molar refractivity (Wildman–Crippen MR) is 73.9 cm³/mol. The fourth-order valence-electron chi connectivity index (χ4n) is 0.496. The van der Waals surface area contributed by atoms with Gasteiger partial charge in [0.05, 0.1) is 34.2 Å². The second kappa shape index (κ2) is 9.15. The number of esters is 2. The van der Waals surface area contributed by atoms with Gasteiger partial charge >= 0.3 is 11.9 Å². The van der Waals surface area contributed by atoms with E-state index in [4.69, 9.17) is 0 Å². The molecule has 0 aliphatic carbocycles. The van der Waals surface area contributed by atoms with Crippen molar-refractivity contribution in [2.45, 2.75) is 0 Å². The highest BCUT2D eigenvalue weighted by Gasteiger charge is 2.08. The molecule has 0 radical (unpaired) electrons. The molecule has 0 saturated carbocycles. The summed E-state index contributed by atoms with van der Waals surface area (Å²) < 4.78 is 10.1. The predicted octanol–water partition coefficient (Wildman–Crippen LogP) is 1.78. The summed E-state index contributed by atoms with van der Waals surface area (Å²) in [6, 6.07) is 0. The number of thiol groups is 2. The van der Waals surface area contributed by atoms with Crippen LogP contribution in [0.4, 0.5) is 0 Å².